The Kier molecular flexibility index (Phi) is 4.18. The highest BCUT2D eigenvalue weighted by Gasteiger charge is 2.19. The van der Waals surface area contributed by atoms with E-state index in [1.807, 2.05) is 0 Å². The lowest BCUT2D eigenvalue weighted by Crippen LogP contribution is -2.39. The van der Waals surface area contributed by atoms with Gasteiger partial charge in [-0.15, -0.1) is 0 Å². The summed E-state index contributed by atoms with van der Waals surface area (Å²) in [5, 5.41) is 9.26. The molecule has 0 saturated carbocycles. The predicted octanol–water partition coefficient (Wildman–Crippen LogP) is 0.0859. The Labute approximate surface area is 106 Å². The largest absolute Gasteiger partial charge is 0.508 e. The van der Waals surface area contributed by atoms with Crippen LogP contribution in [0.15, 0.2) is 29.2 Å². The summed E-state index contributed by atoms with van der Waals surface area (Å²) < 4.78 is 36.7. The van der Waals surface area contributed by atoms with Gasteiger partial charge in [-0.1, -0.05) is 6.07 Å². The van der Waals surface area contributed by atoms with Crippen LogP contribution in [0.25, 0.3) is 0 Å². The third kappa shape index (κ3) is 3.42. The molecule has 2 N–H and O–H groups in total. The van der Waals surface area contributed by atoms with Crippen molar-refractivity contribution >= 4 is 10.0 Å². The Morgan fingerprint density at radius 3 is 2.89 bits per heavy atom. The fourth-order valence-corrected chi connectivity index (χ4v) is 2.70. The van der Waals surface area contributed by atoms with Gasteiger partial charge in [0.25, 0.3) is 0 Å². The van der Waals surface area contributed by atoms with E-state index in [2.05, 4.69) is 4.72 Å². The number of benzene rings is 1. The van der Waals surface area contributed by atoms with Crippen molar-refractivity contribution in [2.45, 2.75) is 11.0 Å². The van der Waals surface area contributed by atoms with Gasteiger partial charge < -0.3 is 14.6 Å². The van der Waals surface area contributed by atoms with Crippen molar-refractivity contribution in [3.63, 3.8) is 0 Å². The summed E-state index contributed by atoms with van der Waals surface area (Å²) >= 11 is 0. The molecule has 1 saturated heterocycles. The molecule has 1 aliphatic heterocycles. The topological polar surface area (TPSA) is 84.9 Å². The lowest BCUT2D eigenvalue weighted by Gasteiger charge is -2.23. The second kappa shape index (κ2) is 5.66. The van der Waals surface area contributed by atoms with Crippen LogP contribution in [0, 0.1) is 0 Å². The smallest absolute Gasteiger partial charge is 0.240 e. The minimum atomic E-state index is -3.63. The van der Waals surface area contributed by atoms with E-state index in [0.717, 1.165) is 0 Å². The SMILES string of the molecule is O=S(=O)(NCC1COCCO1)c1cccc(O)c1. The Bertz CT molecular complexity index is 496. The molecule has 18 heavy (non-hydrogen) atoms. The molecular formula is C11H15NO5S. The Morgan fingerprint density at radius 1 is 1.39 bits per heavy atom. The minimum Gasteiger partial charge on any atom is -0.508 e. The lowest BCUT2D eigenvalue weighted by atomic mass is 10.3. The molecule has 1 unspecified atom stereocenters. The first-order valence-corrected chi connectivity index (χ1v) is 7.04. The quantitative estimate of drug-likeness (QED) is 0.812. The van der Waals surface area contributed by atoms with E-state index in [1.54, 1.807) is 0 Å². The second-order valence-corrected chi connectivity index (χ2v) is 5.68. The van der Waals surface area contributed by atoms with Crippen LogP contribution < -0.4 is 4.72 Å². The van der Waals surface area contributed by atoms with Gasteiger partial charge in [0.1, 0.15) is 5.75 Å². The monoisotopic (exact) mass is 273 g/mol. The van der Waals surface area contributed by atoms with Crippen LogP contribution in [0.2, 0.25) is 0 Å². The van der Waals surface area contributed by atoms with Crippen molar-refractivity contribution in [3.8, 4) is 5.75 Å². The van der Waals surface area contributed by atoms with E-state index in [9.17, 15) is 13.5 Å². The number of nitrogens with one attached hydrogen (secondary N) is 1. The summed E-state index contributed by atoms with van der Waals surface area (Å²) in [6.45, 7) is 1.54. The maximum atomic E-state index is 11.9. The number of hydrogen-bond donors (Lipinski definition) is 2. The van der Waals surface area contributed by atoms with Crippen molar-refractivity contribution in [1.29, 1.82) is 0 Å². The van der Waals surface area contributed by atoms with Gasteiger partial charge in [-0.25, -0.2) is 13.1 Å². The van der Waals surface area contributed by atoms with E-state index in [0.29, 0.717) is 19.8 Å². The summed E-state index contributed by atoms with van der Waals surface area (Å²) in [4.78, 5) is 0.0271. The molecule has 1 atom stereocenters. The average Bonchev–Trinajstić information content (AvgIpc) is 2.38. The van der Waals surface area contributed by atoms with Gasteiger partial charge in [0.2, 0.25) is 10.0 Å². The standard InChI is InChI=1S/C11H15NO5S/c13-9-2-1-3-11(6-9)18(14,15)12-7-10-8-16-4-5-17-10/h1-3,6,10,12-13H,4-5,7-8H2. The Balaban J connectivity index is 1.98. The van der Waals surface area contributed by atoms with Gasteiger partial charge in [0.15, 0.2) is 0 Å². The number of rotatable bonds is 4. The van der Waals surface area contributed by atoms with Crippen LogP contribution in [0.5, 0.6) is 5.75 Å². The second-order valence-electron chi connectivity index (χ2n) is 3.92. The maximum absolute atomic E-state index is 11.9. The lowest BCUT2D eigenvalue weighted by molar-refractivity contribution is -0.0846. The van der Waals surface area contributed by atoms with Crippen LogP contribution >= 0.6 is 0 Å². The zero-order chi connectivity index (χ0) is 13.0. The molecule has 0 radical (unpaired) electrons. The van der Waals surface area contributed by atoms with Gasteiger partial charge in [0.05, 0.1) is 30.8 Å². The van der Waals surface area contributed by atoms with E-state index in [-0.39, 0.29) is 23.3 Å². The van der Waals surface area contributed by atoms with Gasteiger partial charge in [-0.3, -0.25) is 0 Å². The van der Waals surface area contributed by atoms with Crippen molar-refractivity contribution in [3.05, 3.63) is 24.3 Å². The Morgan fingerprint density at radius 2 is 2.22 bits per heavy atom. The molecule has 1 aromatic rings. The van der Waals surface area contributed by atoms with Crippen molar-refractivity contribution < 1.29 is 23.0 Å². The number of phenols is 1. The van der Waals surface area contributed by atoms with E-state index in [4.69, 9.17) is 9.47 Å². The van der Waals surface area contributed by atoms with Crippen LogP contribution in [-0.4, -0.2) is 46.0 Å². The molecule has 1 aromatic carbocycles. The highest BCUT2D eigenvalue weighted by atomic mass is 32.2. The molecule has 1 heterocycles. The van der Waals surface area contributed by atoms with Crippen LogP contribution in [0.3, 0.4) is 0 Å². The molecule has 7 heteroatoms. The van der Waals surface area contributed by atoms with Crippen molar-refractivity contribution in [1.82, 2.24) is 4.72 Å². The number of hydrogen-bond acceptors (Lipinski definition) is 5. The average molecular weight is 273 g/mol. The minimum absolute atomic E-state index is 0.0271. The molecule has 100 valence electrons. The molecule has 0 aliphatic carbocycles. The number of sulfonamides is 1. The van der Waals surface area contributed by atoms with Gasteiger partial charge in [-0.2, -0.15) is 0 Å². The molecule has 0 aromatic heterocycles. The number of phenolic OH excluding ortho intramolecular Hbond substituents is 1. The highest BCUT2D eigenvalue weighted by Crippen LogP contribution is 2.15. The first kappa shape index (κ1) is 13.3. The summed E-state index contributed by atoms with van der Waals surface area (Å²) in [5.41, 5.74) is 0. The van der Waals surface area contributed by atoms with Crippen molar-refractivity contribution in [2.24, 2.45) is 0 Å². The zero-order valence-electron chi connectivity index (χ0n) is 9.70. The Hall–Kier alpha value is -1.15. The first-order valence-electron chi connectivity index (χ1n) is 5.56. The van der Waals surface area contributed by atoms with Gasteiger partial charge in [0, 0.05) is 6.54 Å². The van der Waals surface area contributed by atoms with Crippen LogP contribution in [0.1, 0.15) is 0 Å². The molecule has 0 spiro atoms. The fourth-order valence-electron chi connectivity index (χ4n) is 1.59. The van der Waals surface area contributed by atoms with E-state index >= 15 is 0 Å². The number of ether oxygens (including phenoxy) is 2. The molecular weight excluding hydrogens is 258 g/mol. The van der Waals surface area contributed by atoms with Crippen LogP contribution in [-0.2, 0) is 19.5 Å². The maximum Gasteiger partial charge on any atom is 0.240 e. The molecule has 6 nitrogen and oxygen atoms in total. The third-order valence-corrected chi connectivity index (χ3v) is 3.94. The predicted molar refractivity (Wildman–Crippen MR) is 63.9 cm³/mol. The van der Waals surface area contributed by atoms with E-state index in [1.165, 1.54) is 24.3 Å². The summed E-state index contributed by atoms with van der Waals surface area (Å²) in [5.74, 6) is -0.0878. The zero-order valence-corrected chi connectivity index (χ0v) is 10.5. The summed E-state index contributed by atoms with van der Waals surface area (Å²) in [6.07, 6.45) is -0.272. The summed E-state index contributed by atoms with van der Waals surface area (Å²) in [6, 6.07) is 5.50. The first-order chi connectivity index (χ1) is 8.58. The third-order valence-electron chi connectivity index (χ3n) is 2.51. The molecule has 1 aliphatic rings. The van der Waals surface area contributed by atoms with Gasteiger partial charge >= 0.3 is 0 Å². The molecule has 1 fully saturated rings. The van der Waals surface area contributed by atoms with E-state index < -0.39 is 10.0 Å². The molecule has 0 amide bonds. The highest BCUT2D eigenvalue weighted by molar-refractivity contribution is 7.89. The van der Waals surface area contributed by atoms with Gasteiger partial charge in [-0.05, 0) is 18.2 Å². The van der Waals surface area contributed by atoms with Crippen LogP contribution in [0.4, 0.5) is 0 Å². The molecule has 2 rings (SSSR count). The summed E-state index contributed by atoms with van der Waals surface area (Å²) in [7, 11) is -3.63. The number of aromatic hydroxyl groups is 1. The molecule has 0 bridgehead atoms. The van der Waals surface area contributed by atoms with Crippen molar-refractivity contribution in [2.75, 3.05) is 26.4 Å². The fraction of sp³-hybridized carbons (Fsp3) is 0.455. The normalized spacial score (nSPS) is 20.8.